The molecular formula is C14H27ClN2O3. The number of hydrogen-bond donors (Lipinski definition) is 2. The van der Waals surface area contributed by atoms with E-state index in [4.69, 9.17) is 5.11 Å². The van der Waals surface area contributed by atoms with Gasteiger partial charge in [0.1, 0.15) is 0 Å². The van der Waals surface area contributed by atoms with E-state index in [1.54, 1.807) is 0 Å². The van der Waals surface area contributed by atoms with Gasteiger partial charge in [-0.2, -0.15) is 0 Å². The minimum Gasteiger partial charge on any atom is -0.481 e. The van der Waals surface area contributed by atoms with Crippen LogP contribution in [-0.2, 0) is 9.59 Å². The molecule has 1 amide bonds. The molecule has 1 saturated heterocycles. The predicted octanol–water partition coefficient (Wildman–Crippen LogP) is 1.76. The Bertz CT molecular complexity index is 321. The highest BCUT2D eigenvalue weighted by Crippen LogP contribution is 2.18. The topological polar surface area (TPSA) is 69.6 Å². The van der Waals surface area contributed by atoms with Gasteiger partial charge in [-0.15, -0.1) is 12.4 Å². The molecule has 20 heavy (non-hydrogen) atoms. The van der Waals surface area contributed by atoms with Gasteiger partial charge in [-0.1, -0.05) is 20.8 Å². The smallest absolute Gasteiger partial charge is 0.306 e. The summed E-state index contributed by atoms with van der Waals surface area (Å²) in [5, 5.41) is 11.8. The molecule has 0 aromatic heterocycles. The second-order valence-electron chi connectivity index (χ2n) is 6.55. The van der Waals surface area contributed by atoms with Crippen molar-refractivity contribution in [3.05, 3.63) is 0 Å². The maximum atomic E-state index is 11.7. The van der Waals surface area contributed by atoms with Gasteiger partial charge in [0.15, 0.2) is 0 Å². The van der Waals surface area contributed by atoms with Crippen LogP contribution in [0.5, 0.6) is 0 Å². The van der Waals surface area contributed by atoms with E-state index in [9.17, 15) is 9.59 Å². The number of halogens is 1. The van der Waals surface area contributed by atoms with Crippen molar-refractivity contribution in [1.82, 2.24) is 10.2 Å². The molecule has 0 saturated carbocycles. The van der Waals surface area contributed by atoms with Gasteiger partial charge in [-0.25, -0.2) is 0 Å². The first-order valence-electron chi connectivity index (χ1n) is 7.00. The number of carbonyl (C=O) groups excluding carboxylic acids is 1. The molecule has 0 spiro atoms. The number of carboxylic acid groups (broad SMARTS) is 1. The summed E-state index contributed by atoms with van der Waals surface area (Å²) in [6.45, 7) is 8.93. The first-order chi connectivity index (χ1) is 8.78. The van der Waals surface area contributed by atoms with Gasteiger partial charge < -0.3 is 10.4 Å². The van der Waals surface area contributed by atoms with Crippen LogP contribution in [0.1, 0.15) is 40.0 Å². The van der Waals surface area contributed by atoms with E-state index in [0.29, 0.717) is 39.0 Å². The fraction of sp³-hybridized carbons (Fsp3) is 0.857. The maximum Gasteiger partial charge on any atom is 0.306 e. The van der Waals surface area contributed by atoms with Gasteiger partial charge >= 0.3 is 5.97 Å². The Hall–Kier alpha value is -0.810. The molecular weight excluding hydrogens is 280 g/mol. The Morgan fingerprint density at radius 2 is 1.80 bits per heavy atom. The standard InChI is InChI=1S/C14H26N2O3.ClH/c1-14(2,3)6-7-15-12(17)10-16-8-4-11(5-9-16)13(18)19;/h11H,4-10H2,1-3H3,(H,15,17)(H,18,19);1H. The summed E-state index contributed by atoms with van der Waals surface area (Å²) in [5.41, 5.74) is 0.229. The highest BCUT2D eigenvalue weighted by molar-refractivity contribution is 5.85. The number of nitrogens with one attached hydrogen (secondary N) is 1. The van der Waals surface area contributed by atoms with Gasteiger partial charge in [0.25, 0.3) is 0 Å². The Morgan fingerprint density at radius 3 is 2.25 bits per heavy atom. The van der Waals surface area contributed by atoms with Crippen molar-refractivity contribution < 1.29 is 14.7 Å². The van der Waals surface area contributed by atoms with Gasteiger partial charge in [0.2, 0.25) is 5.91 Å². The summed E-state index contributed by atoms with van der Waals surface area (Å²) in [4.78, 5) is 24.6. The molecule has 0 aliphatic carbocycles. The van der Waals surface area contributed by atoms with Crippen LogP contribution in [0.25, 0.3) is 0 Å². The van der Waals surface area contributed by atoms with Gasteiger partial charge in [0, 0.05) is 6.54 Å². The van der Waals surface area contributed by atoms with E-state index in [1.165, 1.54) is 0 Å². The van der Waals surface area contributed by atoms with Crippen LogP contribution in [0.3, 0.4) is 0 Å². The molecule has 0 aromatic rings. The van der Waals surface area contributed by atoms with E-state index >= 15 is 0 Å². The molecule has 1 fully saturated rings. The second-order valence-corrected chi connectivity index (χ2v) is 6.55. The number of carboxylic acids is 1. The number of nitrogens with zero attached hydrogens (tertiary/aromatic N) is 1. The van der Waals surface area contributed by atoms with E-state index < -0.39 is 5.97 Å². The SMILES string of the molecule is CC(C)(C)CCNC(=O)CN1CCC(C(=O)O)CC1.Cl. The normalized spacial score (nSPS) is 17.4. The van der Waals surface area contributed by atoms with Crippen molar-refractivity contribution in [2.45, 2.75) is 40.0 Å². The zero-order valence-corrected chi connectivity index (χ0v) is 13.5. The zero-order chi connectivity index (χ0) is 14.5. The Morgan fingerprint density at radius 1 is 1.25 bits per heavy atom. The van der Waals surface area contributed by atoms with Gasteiger partial charge in [-0.3, -0.25) is 14.5 Å². The average Bonchev–Trinajstić information content (AvgIpc) is 2.27. The van der Waals surface area contributed by atoms with Crippen LogP contribution in [-0.4, -0.2) is 48.1 Å². The summed E-state index contributed by atoms with van der Waals surface area (Å²) in [6, 6.07) is 0. The van der Waals surface area contributed by atoms with Crippen molar-refractivity contribution in [3.63, 3.8) is 0 Å². The molecule has 1 heterocycles. The number of hydrogen-bond acceptors (Lipinski definition) is 3. The first kappa shape index (κ1) is 19.2. The largest absolute Gasteiger partial charge is 0.481 e. The summed E-state index contributed by atoms with van der Waals surface area (Å²) in [5.74, 6) is -0.910. The highest BCUT2D eigenvalue weighted by atomic mass is 35.5. The monoisotopic (exact) mass is 306 g/mol. The Balaban J connectivity index is 0.00000361. The van der Waals surface area contributed by atoms with Crippen molar-refractivity contribution in [2.24, 2.45) is 11.3 Å². The molecule has 118 valence electrons. The lowest BCUT2D eigenvalue weighted by Gasteiger charge is -2.29. The summed E-state index contributed by atoms with van der Waals surface area (Å²) >= 11 is 0. The molecule has 1 rings (SSSR count). The summed E-state index contributed by atoms with van der Waals surface area (Å²) in [6.07, 6.45) is 2.25. The molecule has 0 atom stereocenters. The number of amides is 1. The average molecular weight is 307 g/mol. The van der Waals surface area contributed by atoms with Crippen LogP contribution in [0, 0.1) is 11.3 Å². The molecule has 5 nitrogen and oxygen atoms in total. The Labute approximate surface area is 127 Å². The predicted molar refractivity (Wildman–Crippen MR) is 81.1 cm³/mol. The van der Waals surface area contributed by atoms with Crippen LogP contribution >= 0.6 is 12.4 Å². The van der Waals surface area contributed by atoms with E-state index in [-0.39, 0.29) is 29.6 Å². The zero-order valence-electron chi connectivity index (χ0n) is 12.6. The lowest BCUT2D eigenvalue weighted by atomic mass is 9.92. The third-order valence-corrected chi connectivity index (χ3v) is 3.50. The fourth-order valence-corrected chi connectivity index (χ4v) is 2.17. The summed E-state index contributed by atoms with van der Waals surface area (Å²) in [7, 11) is 0. The molecule has 1 aliphatic heterocycles. The number of aliphatic carboxylic acids is 1. The van der Waals surface area contributed by atoms with Crippen molar-refractivity contribution >= 4 is 24.3 Å². The van der Waals surface area contributed by atoms with Crippen molar-refractivity contribution in [1.29, 1.82) is 0 Å². The van der Waals surface area contributed by atoms with Crippen LogP contribution < -0.4 is 5.32 Å². The van der Waals surface area contributed by atoms with Crippen molar-refractivity contribution in [2.75, 3.05) is 26.2 Å². The van der Waals surface area contributed by atoms with Crippen LogP contribution in [0.2, 0.25) is 0 Å². The van der Waals surface area contributed by atoms with Gasteiger partial charge in [0.05, 0.1) is 12.5 Å². The summed E-state index contributed by atoms with van der Waals surface area (Å²) < 4.78 is 0. The molecule has 0 bridgehead atoms. The number of piperidine rings is 1. The number of likely N-dealkylation sites (tertiary alicyclic amines) is 1. The van der Waals surface area contributed by atoms with E-state index in [0.717, 1.165) is 6.42 Å². The number of carbonyl (C=O) groups is 2. The lowest BCUT2D eigenvalue weighted by Crippen LogP contribution is -2.43. The minimum absolute atomic E-state index is 0. The molecule has 2 N–H and O–H groups in total. The van der Waals surface area contributed by atoms with Crippen LogP contribution in [0.15, 0.2) is 0 Å². The molecule has 0 radical (unpaired) electrons. The third kappa shape index (κ3) is 7.70. The third-order valence-electron chi connectivity index (χ3n) is 3.50. The first-order valence-corrected chi connectivity index (χ1v) is 7.00. The van der Waals surface area contributed by atoms with Gasteiger partial charge in [-0.05, 0) is 37.8 Å². The van der Waals surface area contributed by atoms with Crippen LogP contribution in [0.4, 0.5) is 0 Å². The second kappa shape index (κ2) is 8.47. The quantitative estimate of drug-likeness (QED) is 0.812. The lowest BCUT2D eigenvalue weighted by molar-refractivity contribution is -0.143. The fourth-order valence-electron chi connectivity index (χ4n) is 2.17. The molecule has 0 aromatic carbocycles. The molecule has 6 heteroatoms. The Kier molecular flexibility index (Phi) is 8.13. The van der Waals surface area contributed by atoms with E-state index in [2.05, 4.69) is 26.1 Å². The molecule has 1 aliphatic rings. The minimum atomic E-state index is -0.714. The highest BCUT2D eigenvalue weighted by Gasteiger charge is 2.25. The van der Waals surface area contributed by atoms with E-state index in [1.807, 2.05) is 4.90 Å². The number of rotatable bonds is 5. The molecule has 0 unspecified atom stereocenters. The van der Waals surface area contributed by atoms with Crippen molar-refractivity contribution in [3.8, 4) is 0 Å². The maximum absolute atomic E-state index is 11.7.